The summed E-state index contributed by atoms with van der Waals surface area (Å²) in [5, 5.41) is 18.5. The van der Waals surface area contributed by atoms with E-state index in [4.69, 9.17) is 14.7 Å². The van der Waals surface area contributed by atoms with Crippen LogP contribution in [0.25, 0.3) is 0 Å². The van der Waals surface area contributed by atoms with Gasteiger partial charge in [-0.1, -0.05) is 36.7 Å². The number of hydrogen-bond acceptors (Lipinski definition) is 4. The Balaban J connectivity index is 2.75. The third kappa shape index (κ3) is 5.09. The van der Waals surface area contributed by atoms with Crippen LogP contribution in [-0.4, -0.2) is 24.4 Å². The van der Waals surface area contributed by atoms with Gasteiger partial charge in [0.05, 0.1) is 6.10 Å². The van der Waals surface area contributed by atoms with E-state index in [1.807, 2.05) is 32.9 Å². The molecule has 0 bridgehead atoms. The molecule has 104 valence electrons. The number of nitriles is 1. The van der Waals surface area contributed by atoms with Crippen molar-refractivity contribution in [3.05, 3.63) is 22.7 Å². The minimum atomic E-state index is -0.583. The second-order valence-corrected chi connectivity index (χ2v) is 6.15. The number of aliphatic hydroxyl groups is 1. The Morgan fingerprint density at radius 3 is 2.58 bits per heavy atom. The molecule has 0 heterocycles. The quantitative estimate of drug-likeness (QED) is 0.902. The first-order valence-electron chi connectivity index (χ1n) is 5.94. The monoisotopic (exact) mass is 327 g/mol. The van der Waals surface area contributed by atoms with Gasteiger partial charge < -0.3 is 14.6 Å². The summed E-state index contributed by atoms with van der Waals surface area (Å²) < 4.78 is 11.7. The molecule has 0 amide bonds. The molecule has 1 aromatic rings. The Labute approximate surface area is 122 Å². The smallest absolute Gasteiger partial charge is 0.174 e. The third-order valence-electron chi connectivity index (χ3n) is 2.59. The van der Waals surface area contributed by atoms with Crippen molar-refractivity contribution in [2.24, 2.45) is 5.41 Å². The fourth-order valence-electron chi connectivity index (χ4n) is 1.24. The van der Waals surface area contributed by atoms with Crippen LogP contribution in [0.15, 0.2) is 22.7 Å². The summed E-state index contributed by atoms with van der Waals surface area (Å²) in [6.07, 6.45) is -0.583. The summed E-state index contributed by atoms with van der Waals surface area (Å²) in [4.78, 5) is 0. The number of nitrogens with zero attached hydrogens (tertiary/aromatic N) is 1. The highest BCUT2D eigenvalue weighted by molar-refractivity contribution is 9.10. The molecule has 4 nitrogen and oxygen atoms in total. The Morgan fingerprint density at radius 2 is 2.00 bits per heavy atom. The third-order valence-corrected chi connectivity index (χ3v) is 3.09. The standard InChI is InChI=1S/C14H18BrNO3/c1-14(2,3)13(17)9-19-11-5-4-10(15)8-12(11)18-7-6-16/h4-5,8,13,17H,7,9H2,1-3H3. The predicted octanol–water partition coefficient (Wildman–Crippen LogP) is 3.14. The zero-order chi connectivity index (χ0) is 14.5. The maximum Gasteiger partial charge on any atom is 0.174 e. The molecule has 0 saturated carbocycles. The number of aliphatic hydroxyl groups excluding tert-OH is 1. The number of ether oxygens (including phenoxy) is 2. The highest BCUT2D eigenvalue weighted by Gasteiger charge is 2.23. The van der Waals surface area contributed by atoms with Crippen LogP contribution in [0.5, 0.6) is 11.5 Å². The van der Waals surface area contributed by atoms with Gasteiger partial charge in [0.25, 0.3) is 0 Å². The van der Waals surface area contributed by atoms with Crippen LogP contribution < -0.4 is 9.47 Å². The first kappa shape index (κ1) is 15.8. The highest BCUT2D eigenvalue weighted by atomic mass is 79.9. The summed E-state index contributed by atoms with van der Waals surface area (Å²) in [7, 11) is 0. The fraction of sp³-hybridized carbons (Fsp3) is 0.500. The van der Waals surface area contributed by atoms with Crippen molar-refractivity contribution in [3.8, 4) is 17.6 Å². The normalized spacial score (nSPS) is 12.6. The minimum absolute atomic E-state index is 0.0470. The first-order valence-corrected chi connectivity index (χ1v) is 6.74. The molecule has 19 heavy (non-hydrogen) atoms. The number of hydrogen-bond donors (Lipinski definition) is 1. The van der Waals surface area contributed by atoms with Crippen LogP contribution in [-0.2, 0) is 0 Å². The molecule has 0 aliphatic rings. The maximum atomic E-state index is 9.94. The van der Waals surface area contributed by atoms with Crippen LogP contribution in [0, 0.1) is 16.7 Å². The van der Waals surface area contributed by atoms with Crippen LogP contribution >= 0.6 is 15.9 Å². The van der Waals surface area contributed by atoms with Gasteiger partial charge in [-0.05, 0) is 23.6 Å². The molecular weight excluding hydrogens is 310 g/mol. The molecule has 0 radical (unpaired) electrons. The fourth-order valence-corrected chi connectivity index (χ4v) is 1.58. The van der Waals surface area contributed by atoms with Crippen LogP contribution in [0.4, 0.5) is 0 Å². The Bertz CT molecular complexity index is 463. The molecule has 0 fully saturated rings. The second kappa shape index (κ2) is 6.78. The molecule has 1 atom stereocenters. The van der Waals surface area contributed by atoms with Crippen molar-refractivity contribution in [2.45, 2.75) is 26.9 Å². The van der Waals surface area contributed by atoms with E-state index < -0.39 is 6.10 Å². The van der Waals surface area contributed by atoms with Crippen molar-refractivity contribution in [2.75, 3.05) is 13.2 Å². The molecule has 5 heteroatoms. The van der Waals surface area contributed by atoms with Crippen molar-refractivity contribution in [1.82, 2.24) is 0 Å². The van der Waals surface area contributed by atoms with Crippen LogP contribution in [0.1, 0.15) is 20.8 Å². The number of benzene rings is 1. The number of rotatable bonds is 5. The molecule has 0 aromatic heterocycles. The molecule has 0 aliphatic heterocycles. The molecule has 0 saturated heterocycles. The summed E-state index contributed by atoms with van der Waals surface area (Å²) in [5.74, 6) is 0.999. The van der Waals surface area contributed by atoms with Gasteiger partial charge in [-0.2, -0.15) is 5.26 Å². The van der Waals surface area contributed by atoms with Crippen LogP contribution in [0.3, 0.4) is 0 Å². The van der Waals surface area contributed by atoms with Crippen LogP contribution in [0.2, 0.25) is 0 Å². The lowest BCUT2D eigenvalue weighted by Gasteiger charge is -2.26. The highest BCUT2D eigenvalue weighted by Crippen LogP contribution is 2.31. The summed E-state index contributed by atoms with van der Waals surface area (Å²) in [6, 6.07) is 7.20. The molecule has 1 rings (SSSR count). The molecule has 1 aromatic carbocycles. The van der Waals surface area contributed by atoms with Gasteiger partial charge in [0, 0.05) is 4.47 Å². The Hall–Kier alpha value is -1.25. The van der Waals surface area contributed by atoms with Gasteiger partial charge in [0.15, 0.2) is 18.1 Å². The lowest BCUT2D eigenvalue weighted by Crippen LogP contribution is -2.32. The predicted molar refractivity (Wildman–Crippen MR) is 76.2 cm³/mol. The zero-order valence-electron chi connectivity index (χ0n) is 11.3. The molecule has 0 aliphatic carbocycles. The summed E-state index contributed by atoms with van der Waals surface area (Å²) >= 11 is 3.33. The average Bonchev–Trinajstić information content (AvgIpc) is 2.33. The zero-order valence-corrected chi connectivity index (χ0v) is 12.9. The Morgan fingerprint density at radius 1 is 1.32 bits per heavy atom. The van der Waals surface area contributed by atoms with Gasteiger partial charge in [-0.25, -0.2) is 0 Å². The SMILES string of the molecule is CC(C)(C)C(O)COc1ccc(Br)cc1OCC#N. The van der Waals surface area contributed by atoms with Crippen molar-refractivity contribution < 1.29 is 14.6 Å². The lowest BCUT2D eigenvalue weighted by atomic mass is 9.90. The van der Waals surface area contributed by atoms with E-state index in [0.29, 0.717) is 11.5 Å². The van der Waals surface area contributed by atoms with E-state index in [1.165, 1.54) is 0 Å². The van der Waals surface area contributed by atoms with E-state index in [1.54, 1.807) is 12.1 Å². The molecule has 0 spiro atoms. The van der Waals surface area contributed by atoms with Crippen molar-refractivity contribution >= 4 is 15.9 Å². The molecule has 1 N–H and O–H groups in total. The Kier molecular flexibility index (Phi) is 5.64. The topological polar surface area (TPSA) is 62.5 Å². The average molecular weight is 328 g/mol. The van der Waals surface area contributed by atoms with Crippen molar-refractivity contribution in [3.63, 3.8) is 0 Å². The van der Waals surface area contributed by atoms with Gasteiger partial charge in [-0.3, -0.25) is 0 Å². The second-order valence-electron chi connectivity index (χ2n) is 5.23. The van der Waals surface area contributed by atoms with Gasteiger partial charge in [0.2, 0.25) is 0 Å². The van der Waals surface area contributed by atoms with Gasteiger partial charge in [0.1, 0.15) is 12.7 Å². The van der Waals surface area contributed by atoms with E-state index in [0.717, 1.165) is 4.47 Å². The number of halogens is 1. The summed E-state index contributed by atoms with van der Waals surface area (Å²) in [5.41, 5.74) is -0.247. The maximum absolute atomic E-state index is 9.94. The summed E-state index contributed by atoms with van der Waals surface area (Å²) in [6.45, 7) is 5.95. The largest absolute Gasteiger partial charge is 0.487 e. The van der Waals surface area contributed by atoms with Crippen molar-refractivity contribution in [1.29, 1.82) is 5.26 Å². The van der Waals surface area contributed by atoms with E-state index >= 15 is 0 Å². The van der Waals surface area contributed by atoms with Gasteiger partial charge >= 0.3 is 0 Å². The van der Waals surface area contributed by atoms with Gasteiger partial charge in [-0.15, -0.1) is 0 Å². The van der Waals surface area contributed by atoms with E-state index in [2.05, 4.69) is 15.9 Å². The van der Waals surface area contributed by atoms with E-state index in [-0.39, 0.29) is 18.6 Å². The molecular formula is C14H18BrNO3. The minimum Gasteiger partial charge on any atom is -0.487 e. The lowest BCUT2D eigenvalue weighted by molar-refractivity contribution is 0.0210. The van der Waals surface area contributed by atoms with E-state index in [9.17, 15) is 5.11 Å². The molecule has 1 unspecified atom stereocenters. The first-order chi connectivity index (χ1) is 8.84.